The number of hydrogen-bond donors (Lipinski definition) is 1. The molecule has 21 heavy (non-hydrogen) atoms. The zero-order valence-electron chi connectivity index (χ0n) is 15.0. The van der Waals surface area contributed by atoms with E-state index in [4.69, 9.17) is 5.73 Å². The number of fused-ring (bicyclic) bond motifs is 1. The van der Waals surface area contributed by atoms with Crippen LogP contribution < -0.4 is 5.73 Å². The molecule has 2 N–H and O–H groups in total. The first kappa shape index (κ1) is 15.8. The molecule has 0 amide bonds. The van der Waals surface area contributed by atoms with Gasteiger partial charge in [-0.3, -0.25) is 0 Å². The summed E-state index contributed by atoms with van der Waals surface area (Å²) < 4.78 is 0. The second-order valence-electron chi connectivity index (χ2n) is 10.0. The molecule has 1 nitrogen and oxygen atoms in total. The van der Waals surface area contributed by atoms with Gasteiger partial charge in [0.05, 0.1) is 0 Å². The van der Waals surface area contributed by atoms with Crippen LogP contribution in [0.1, 0.15) is 73.1 Å². The molecule has 0 spiro atoms. The van der Waals surface area contributed by atoms with Gasteiger partial charge in [0.25, 0.3) is 0 Å². The molecule has 0 heterocycles. The van der Waals surface area contributed by atoms with E-state index in [2.05, 4.69) is 34.6 Å². The monoisotopic (exact) mass is 291 g/mol. The van der Waals surface area contributed by atoms with Gasteiger partial charge in [-0.1, -0.05) is 34.6 Å². The van der Waals surface area contributed by atoms with Gasteiger partial charge in [-0.25, -0.2) is 0 Å². The summed E-state index contributed by atoms with van der Waals surface area (Å²) in [6.45, 7) is 13.4. The lowest BCUT2D eigenvalue weighted by Gasteiger charge is -2.56. The minimum Gasteiger partial charge on any atom is -0.330 e. The van der Waals surface area contributed by atoms with E-state index in [1.165, 1.54) is 38.5 Å². The smallest absolute Gasteiger partial charge is 0.00487 e. The molecule has 6 unspecified atom stereocenters. The Morgan fingerprint density at radius 3 is 2.19 bits per heavy atom. The first-order chi connectivity index (χ1) is 9.76. The summed E-state index contributed by atoms with van der Waals surface area (Å²) in [4.78, 5) is 0. The fraction of sp³-hybridized carbons (Fsp3) is 1.00. The van der Waals surface area contributed by atoms with Crippen LogP contribution in [0.5, 0.6) is 0 Å². The summed E-state index contributed by atoms with van der Waals surface area (Å²) in [7, 11) is 0. The number of nitrogens with two attached hydrogens (primary N) is 1. The maximum Gasteiger partial charge on any atom is -0.00487 e. The average Bonchev–Trinajstić information content (AvgIpc) is 3.23. The Morgan fingerprint density at radius 1 is 0.952 bits per heavy atom. The molecule has 0 radical (unpaired) electrons. The summed E-state index contributed by atoms with van der Waals surface area (Å²) >= 11 is 0. The van der Waals surface area contributed by atoms with Crippen LogP contribution >= 0.6 is 0 Å². The number of hydrogen-bond acceptors (Lipinski definition) is 1. The fourth-order valence-electron chi connectivity index (χ4n) is 6.01. The average molecular weight is 292 g/mol. The third-order valence-electron chi connectivity index (χ3n) is 7.91. The highest BCUT2D eigenvalue weighted by Gasteiger charge is 2.53. The lowest BCUT2D eigenvalue weighted by molar-refractivity contribution is -0.0622. The fourth-order valence-corrected chi connectivity index (χ4v) is 6.01. The molecule has 0 aromatic carbocycles. The number of rotatable bonds is 3. The van der Waals surface area contributed by atoms with Crippen LogP contribution in [-0.2, 0) is 0 Å². The van der Waals surface area contributed by atoms with Crippen LogP contribution in [0.2, 0.25) is 0 Å². The Balaban J connectivity index is 1.69. The molecule has 6 atom stereocenters. The van der Waals surface area contributed by atoms with Gasteiger partial charge in [0.15, 0.2) is 0 Å². The van der Waals surface area contributed by atoms with Crippen molar-refractivity contribution in [2.45, 2.75) is 73.1 Å². The van der Waals surface area contributed by atoms with E-state index in [1.807, 2.05) is 0 Å². The predicted octanol–water partition coefficient (Wildman–Crippen LogP) is 5.10. The Kier molecular flexibility index (Phi) is 3.96. The molecule has 0 bridgehead atoms. The van der Waals surface area contributed by atoms with Gasteiger partial charge >= 0.3 is 0 Å². The van der Waals surface area contributed by atoms with Gasteiger partial charge in [-0.2, -0.15) is 0 Å². The highest BCUT2D eigenvalue weighted by atomic mass is 14.6. The highest BCUT2D eigenvalue weighted by molar-refractivity contribution is 5.03. The van der Waals surface area contributed by atoms with Crippen LogP contribution in [0.15, 0.2) is 0 Å². The molecule has 0 aromatic rings. The normalized spacial score (nSPS) is 45.7. The van der Waals surface area contributed by atoms with Gasteiger partial charge in [-0.15, -0.1) is 0 Å². The van der Waals surface area contributed by atoms with Crippen molar-refractivity contribution in [1.82, 2.24) is 0 Å². The molecular formula is C20H37N. The van der Waals surface area contributed by atoms with Crippen molar-refractivity contribution in [3.05, 3.63) is 0 Å². The standard InChI is InChI=1S/C20H37N/c1-13(12-21)15-11-16(15)14-6-7-17-18(10-14)20(4,5)9-8-19(17,2)3/h13-18H,6-12,21H2,1-5H3. The predicted molar refractivity (Wildman–Crippen MR) is 90.9 cm³/mol. The maximum atomic E-state index is 5.89. The molecule has 3 fully saturated rings. The van der Waals surface area contributed by atoms with E-state index in [0.717, 1.165) is 42.1 Å². The summed E-state index contributed by atoms with van der Waals surface area (Å²) in [5, 5.41) is 0. The highest BCUT2D eigenvalue weighted by Crippen LogP contribution is 2.62. The third kappa shape index (κ3) is 2.80. The van der Waals surface area contributed by atoms with E-state index >= 15 is 0 Å². The topological polar surface area (TPSA) is 26.0 Å². The SMILES string of the molecule is CC(CN)C1CC1C1CCC2C(C1)C(C)(C)CCC2(C)C. The summed E-state index contributed by atoms with van der Waals surface area (Å²) in [6, 6.07) is 0. The van der Waals surface area contributed by atoms with Crippen molar-refractivity contribution in [2.24, 2.45) is 52.1 Å². The summed E-state index contributed by atoms with van der Waals surface area (Å²) in [5.74, 6) is 5.68. The second-order valence-corrected chi connectivity index (χ2v) is 10.0. The molecule has 1 heteroatoms. The van der Waals surface area contributed by atoms with Crippen LogP contribution in [0.3, 0.4) is 0 Å². The zero-order chi connectivity index (χ0) is 15.4. The molecule has 3 rings (SSSR count). The van der Waals surface area contributed by atoms with Crippen molar-refractivity contribution >= 4 is 0 Å². The Labute approximate surface area is 132 Å². The van der Waals surface area contributed by atoms with Crippen LogP contribution in [-0.4, -0.2) is 6.54 Å². The first-order valence-electron chi connectivity index (χ1n) is 9.46. The second kappa shape index (κ2) is 5.25. The van der Waals surface area contributed by atoms with Crippen LogP contribution in [0.4, 0.5) is 0 Å². The van der Waals surface area contributed by atoms with Crippen LogP contribution in [0.25, 0.3) is 0 Å². The van der Waals surface area contributed by atoms with Crippen molar-refractivity contribution in [3.8, 4) is 0 Å². The first-order valence-corrected chi connectivity index (χ1v) is 9.46. The molecule has 0 saturated heterocycles. The zero-order valence-corrected chi connectivity index (χ0v) is 15.0. The largest absolute Gasteiger partial charge is 0.330 e. The maximum absolute atomic E-state index is 5.89. The lowest BCUT2D eigenvalue weighted by atomic mass is 9.49. The third-order valence-corrected chi connectivity index (χ3v) is 7.91. The van der Waals surface area contributed by atoms with Gasteiger partial charge < -0.3 is 5.73 Å². The Morgan fingerprint density at radius 2 is 1.57 bits per heavy atom. The molecule has 3 aliphatic rings. The molecule has 0 aromatic heterocycles. The summed E-state index contributed by atoms with van der Waals surface area (Å²) in [6.07, 6.45) is 8.85. The quantitative estimate of drug-likeness (QED) is 0.769. The van der Waals surface area contributed by atoms with Crippen molar-refractivity contribution in [1.29, 1.82) is 0 Å². The van der Waals surface area contributed by atoms with E-state index < -0.39 is 0 Å². The molecule has 0 aliphatic heterocycles. The molecule has 3 aliphatic carbocycles. The summed E-state index contributed by atoms with van der Waals surface area (Å²) in [5.41, 5.74) is 7.04. The Hall–Kier alpha value is -0.0400. The van der Waals surface area contributed by atoms with Gasteiger partial charge in [0, 0.05) is 0 Å². The van der Waals surface area contributed by atoms with E-state index in [1.54, 1.807) is 0 Å². The molecular weight excluding hydrogens is 254 g/mol. The Bertz CT molecular complexity index is 383. The van der Waals surface area contributed by atoms with Gasteiger partial charge in [0.1, 0.15) is 0 Å². The molecule has 122 valence electrons. The lowest BCUT2D eigenvalue weighted by Crippen LogP contribution is -2.47. The van der Waals surface area contributed by atoms with Gasteiger partial charge in [-0.05, 0) is 91.4 Å². The van der Waals surface area contributed by atoms with E-state index in [-0.39, 0.29) is 0 Å². The van der Waals surface area contributed by atoms with Crippen LogP contribution in [0, 0.1) is 46.3 Å². The van der Waals surface area contributed by atoms with E-state index in [9.17, 15) is 0 Å². The minimum atomic E-state index is 0.572. The van der Waals surface area contributed by atoms with Gasteiger partial charge in [0.2, 0.25) is 0 Å². The van der Waals surface area contributed by atoms with E-state index in [0.29, 0.717) is 10.8 Å². The molecule has 3 saturated carbocycles. The van der Waals surface area contributed by atoms with Crippen molar-refractivity contribution in [3.63, 3.8) is 0 Å². The minimum absolute atomic E-state index is 0.572. The van der Waals surface area contributed by atoms with Crippen molar-refractivity contribution < 1.29 is 0 Å². The van der Waals surface area contributed by atoms with Crippen molar-refractivity contribution in [2.75, 3.05) is 6.54 Å².